The molecule has 27 heavy (non-hydrogen) atoms. The van der Waals surface area contributed by atoms with Crippen LogP contribution in [0.4, 0.5) is 5.95 Å². The largest absolute Gasteiger partial charge is 0.496 e. The Labute approximate surface area is 159 Å². The van der Waals surface area contributed by atoms with Crippen LogP contribution in [0.2, 0.25) is 0 Å². The number of ether oxygens (including phenoxy) is 1. The summed E-state index contributed by atoms with van der Waals surface area (Å²) in [4.78, 5) is 23.6. The minimum Gasteiger partial charge on any atom is -0.496 e. The van der Waals surface area contributed by atoms with Crippen LogP contribution in [0, 0.1) is 0 Å². The van der Waals surface area contributed by atoms with Crippen LogP contribution in [-0.2, 0) is 19.4 Å². The summed E-state index contributed by atoms with van der Waals surface area (Å²) in [5.41, 5.74) is 8.96. The normalized spacial score (nSPS) is 13.1. The number of para-hydroxylation sites is 1. The summed E-state index contributed by atoms with van der Waals surface area (Å²) < 4.78 is 5.41. The SMILES string of the molecule is COc1ccccc1CN(CCCO)C(=O)c1nc(N)nc2c1CCCC2. The van der Waals surface area contributed by atoms with Gasteiger partial charge in [-0.05, 0) is 38.2 Å². The number of nitrogen functional groups attached to an aromatic ring is 1. The first-order chi connectivity index (χ1) is 13.1. The molecule has 3 N–H and O–H groups in total. The molecule has 7 nitrogen and oxygen atoms in total. The van der Waals surface area contributed by atoms with Gasteiger partial charge < -0.3 is 20.5 Å². The number of hydrogen-bond acceptors (Lipinski definition) is 6. The van der Waals surface area contributed by atoms with E-state index in [2.05, 4.69) is 9.97 Å². The van der Waals surface area contributed by atoms with Crippen molar-refractivity contribution in [2.24, 2.45) is 0 Å². The molecule has 0 saturated carbocycles. The molecule has 2 aromatic rings. The molecule has 0 bridgehead atoms. The van der Waals surface area contributed by atoms with E-state index >= 15 is 0 Å². The fraction of sp³-hybridized carbons (Fsp3) is 0.450. The maximum absolute atomic E-state index is 13.3. The number of rotatable bonds is 7. The number of carbonyl (C=O) groups is 1. The highest BCUT2D eigenvalue weighted by Crippen LogP contribution is 2.25. The molecule has 0 fully saturated rings. The standard InChI is InChI=1S/C20H26N4O3/c1-27-17-10-5-2-7-14(17)13-24(11-6-12-25)19(26)18-15-8-3-4-9-16(15)22-20(21)23-18/h2,5,7,10,25H,3-4,6,8-9,11-13H2,1H3,(H2,21,22,23). The van der Waals surface area contributed by atoms with Crippen molar-refractivity contribution in [2.75, 3.05) is 26.0 Å². The van der Waals surface area contributed by atoms with Crippen molar-refractivity contribution in [3.8, 4) is 5.75 Å². The highest BCUT2D eigenvalue weighted by molar-refractivity contribution is 5.94. The number of nitrogens with zero attached hydrogens (tertiary/aromatic N) is 3. The number of fused-ring (bicyclic) bond motifs is 1. The average molecular weight is 370 g/mol. The second-order valence-electron chi connectivity index (χ2n) is 6.68. The van der Waals surface area contributed by atoms with Crippen molar-refractivity contribution < 1.29 is 14.6 Å². The maximum atomic E-state index is 13.3. The van der Waals surface area contributed by atoms with Crippen LogP contribution in [0.1, 0.15) is 46.6 Å². The molecule has 0 saturated heterocycles. The Bertz CT molecular complexity index is 810. The summed E-state index contributed by atoms with van der Waals surface area (Å²) in [5.74, 6) is 0.684. The summed E-state index contributed by atoms with van der Waals surface area (Å²) >= 11 is 0. The average Bonchev–Trinajstić information content (AvgIpc) is 2.70. The third-order valence-electron chi connectivity index (χ3n) is 4.83. The Morgan fingerprint density at radius 1 is 1.26 bits per heavy atom. The number of nitrogens with two attached hydrogens (primary N) is 1. The van der Waals surface area contributed by atoms with E-state index in [0.717, 1.165) is 48.3 Å². The third-order valence-corrected chi connectivity index (χ3v) is 4.83. The number of aliphatic hydroxyl groups excluding tert-OH is 1. The van der Waals surface area contributed by atoms with E-state index in [1.807, 2.05) is 24.3 Å². The monoisotopic (exact) mass is 370 g/mol. The molecule has 1 aliphatic carbocycles. The van der Waals surface area contributed by atoms with E-state index in [-0.39, 0.29) is 18.5 Å². The molecule has 0 unspecified atom stereocenters. The quantitative estimate of drug-likeness (QED) is 0.773. The highest BCUT2D eigenvalue weighted by atomic mass is 16.5. The summed E-state index contributed by atoms with van der Waals surface area (Å²) in [7, 11) is 1.61. The van der Waals surface area contributed by atoms with Crippen LogP contribution in [0.5, 0.6) is 5.75 Å². The zero-order valence-corrected chi connectivity index (χ0v) is 15.6. The molecule has 3 rings (SSSR count). The second-order valence-corrected chi connectivity index (χ2v) is 6.68. The summed E-state index contributed by atoms with van der Waals surface area (Å²) in [5, 5.41) is 9.26. The van der Waals surface area contributed by atoms with E-state index in [4.69, 9.17) is 10.5 Å². The predicted octanol–water partition coefficient (Wildman–Crippen LogP) is 1.97. The van der Waals surface area contributed by atoms with E-state index in [0.29, 0.717) is 25.2 Å². The van der Waals surface area contributed by atoms with Gasteiger partial charge in [-0.25, -0.2) is 9.97 Å². The maximum Gasteiger partial charge on any atom is 0.273 e. The van der Waals surface area contributed by atoms with Gasteiger partial charge in [0.1, 0.15) is 11.4 Å². The molecular formula is C20H26N4O3. The Morgan fingerprint density at radius 2 is 2.04 bits per heavy atom. The van der Waals surface area contributed by atoms with Gasteiger partial charge in [-0.3, -0.25) is 4.79 Å². The minimum absolute atomic E-state index is 0.0136. The van der Waals surface area contributed by atoms with Gasteiger partial charge in [0, 0.05) is 36.5 Å². The lowest BCUT2D eigenvalue weighted by atomic mass is 9.94. The Hall–Kier alpha value is -2.67. The van der Waals surface area contributed by atoms with Gasteiger partial charge in [0.25, 0.3) is 5.91 Å². The van der Waals surface area contributed by atoms with Crippen molar-refractivity contribution >= 4 is 11.9 Å². The van der Waals surface area contributed by atoms with Gasteiger partial charge in [0.15, 0.2) is 0 Å². The number of aromatic nitrogens is 2. The van der Waals surface area contributed by atoms with Crippen LogP contribution in [0.15, 0.2) is 24.3 Å². The first-order valence-corrected chi connectivity index (χ1v) is 9.31. The Kier molecular flexibility index (Phi) is 6.24. The van der Waals surface area contributed by atoms with Crippen LogP contribution in [0.25, 0.3) is 0 Å². The van der Waals surface area contributed by atoms with Gasteiger partial charge in [-0.2, -0.15) is 0 Å². The van der Waals surface area contributed by atoms with E-state index < -0.39 is 0 Å². The molecule has 7 heteroatoms. The van der Waals surface area contributed by atoms with Gasteiger partial charge >= 0.3 is 0 Å². The number of benzene rings is 1. The second kappa shape index (κ2) is 8.81. The van der Waals surface area contributed by atoms with Crippen LogP contribution >= 0.6 is 0 Å². The molecule has 1 aromatic carbocycles. The fourth-order valence-electron chi connectivity index (χ4n) is 3.49. The van der Waals surface area contributed by atoms with Crippen molar-refractivity contribution in [3.63, 3.8) is 0 Å². The van der Waals surface area contributed by atoms with Crippen molar-refractivity contribution in [3.05, 3.63) is 46.8 Å². The molecule has 1 aromatic heterocycles. The Balaban J connectivity index is 1.93. The summed E-state index contributed by atoms with van der Waals surface area (Å²) in [6.45, 7) is 0.813. The highest BCUT2D eigenvalue weighted by Gasteiger charge is 2.26. The number of carbonyl (C=O) groups excluding carboxylic acids is 1. The molecule has 0 radical (unpaired) electrons. The van der Waals surface area contributed by atoms with Gasteiger partial charge in [0.05, 0.1) is 7.11 Å². The number of methoxy groups -OCH3 is 1. The summed E-state index contributed by atoms with van der Waals surface area (Å²) in [6, 6.07) is 7.61. The van der Waals surface area contributed by atoms with Crippen LogP contribution < -0.4 is 10.5 Å². The van der Waals surface area contributed by atoms with Crippen molar-refractivity contribution in [2.45, 2.75) is 38.6 Å². The molecule has 0 atom stereocenters. The van der Waals surface area contributed by atoms with Gasteiger partial charge in [-0.1, -0.05) is 18.2 Å². The number of aryl methyl sites for hydroxylation is 1. The molecule has 1 heterocycles. The van der Waals surface area contributed by atoms with Crippen LogP contribution in [0.3, 0.4) is 0 Å². The fourth-order valence-corrected chi connectivity index (χ4v) is 3.49. The van der Waals surface area contributed by atoms with E-state index in [1.165, 1.54) is 0 Å². The summed E-state index contributed by atoms with van der Waals surface area (Å²) in [6.07, 6.45) is 4.17. The Morgan fingerprint density at radius 3 is 2.81 bits per heavy atom. The lowest BCUT2D eigenvalue weighted by molar-refractivity contribution is 0.0723. The first-order valence-electron chi connectivity index (χ1n) is 9.31. The zero-order valence-electron chi connectivity index (χ0n) is 15.6. The number of aliphatic hydroxyl groups is 1. The van der Waals surface area contributed by atoms with Crippen molar-refractivity contribution in [1.29, 1.82) is 0 Å². The van der Waals surface area contributed by atoms with Gasteiger partial charge in [0.2, 0.25) is 5.95 Å². The predicted molar refractivity (Wildman–Crippen MR) is 103 cm³/mol. The third kappa shape index (κ3) is 4.36. The lowest BCUT2D eigenvalue weighted by Gasteiger charge is -2.25. The lowest BCUT2D eigenvalue weighted by Crippen LogP contribution is -2.34. The first kappa shape index (κ1) is 19.1. The van der Waals surface area contributed by atoms with Crippen molar-refractivity contribution in [1.82, 2.24) is 14.9 Å². The molecule has 0 aliphatic heterocycles. The molecule has 0 spiro atoms. The van der Waals surface area contributed by atoms with Crippen LogP contribution in [-0.4, -0.2) is 46.1 Å². The number of anilines is 1. The smallest absolute Gasteiger partial charge is 0.273 e. The number of amides is 1. The minimum atomic E-state index is -0.179. The number of hydrogen-bond donors (Lipinski definition) is 2. The topological polar surface area (TPSA) is 102 Å². The van der Waals surface area contributed by atoms with E-state index in [1.54, 1.807) is 12.0 Å². The molecule has 144 valence electrons. The van der Waals surface area contributed by atoms with Gasteiger partial charge in [-0.15, -0.1) is 0 Å². The zero-order chi connectivity index (χ0) is 19.2. The van der Waals surface area contributed by atoms with E-state index in [9.17, 15) is 9.90 Å². The molecule has 1 amide bonds. The molecular weight excluding hydrogens is 344 g/mol. The molecule has 1 aliphatic rings.